The molecule has 0 atom stereocenters. The molecule has 0 unspecified atom stereocenters. The predicted molar refractivity (Wildman–Crippen MR) is 81.8 cm³/mol. The molecule has 20 heavy (non-hydrogen) atoms. The van der Waals surface area contributed by atoms with Gasteiger partial charge < -0.3 is 4.90 Å². The lowest BCUT2D eigenvalue weighted by atomic mass is 9.92. The van der Waals surface area contributed by atoms with Gasteiger partial charge in [-0.1, -0.05) is 38.6 Å². The third-order valence-corrected chi connectivity index (χ3v) is 4.66. The van der Waals surface area contributed by atoms with E-state index in [1.165, 1.54) is 17.1 Å². The second-order valence-corrected chi connectivity index (χ2v) is 6.42. The lowest BCUT2D eigenvalue weighted by Gasteiger charge is -2.39. The van der Waals surface area contributed by atoms with E-state index in [1.54, 1.807) is 11.1 Å². The zero-order chi connectivity index (χ0) is 13.9. The van der Waals surface area contributed by atoms with Crippen LogP contribution < -0.4 is 5.32 Å². The number of carbonyl (C=O) groups excluding carboxylic acids is 1. The molecule has 1 saturated heterocycles. The summed E-state index contributed by atoms with van der Waals surface area (Å²) < 4.78 is 4.85. The van der Waals surface area contributed by atoms with Crippen LogP contribution in [-0.4, -0.2) is 33.6 Å². The highest BCUT2D eigenvalue weighted by Crippen LogP contribution is 2.25. The zero-order valence-electron chi connectivity index (χ0n) is 10.6. The average molecular weight is 353 g/mol. The van der Waals surface area contributed by atoms with Gasteiger partial charge in [0.2, 0.25) is 0 Å². The van der Waals surface area contributed by atoms with Gasteiger partial charge in [-0.05, 0) is 24.0 Å². The molecular weight excluding hydrogens is 340 g/mol. The van der Waals surface area contributed by atoms with Crippen LogP contribution in [0, 0.1) is 5.92 Å². The van der Waals surface area contributed by atoms with E-state index < -0.39 is 0 Å². The molecule has 0 bridgehead atoms. The molecule has 2 heterocycles. The smallest absolute Gasteiger partial charge is 0.322 e. The van der Waals surface area contributed by atoms with Gasteiger partial charge >= 0.3 is 6.03 Å². The van der Waals surface area contributed by atoms with Crippen molar-refractivity contribution < 1.29 is 4.79 Å². The molecule has 1 aliphatic heterocycles. The van der Waals surface area contributed by atoms with Crippen molar-refractivity contribution in [3.05, 3.63) is 40.5 Å². The molecule has 1 N–H and O–H groups in total. The Kier molecular flexibility index (Phi) is 3.98. The first-order chi connectivity index (χ1) is 9.72. The van der Waals surface area contributed by atoms with Crippen LogP contribution >= 0.6 is 27.5 Å². The Hall–Kier alpha value is -1.47. The van der Waals surface area contributed by atoms with E-state index in [0.29, 0.717) is 10.9 Å². The predicted octanol–water partition coefficient (Wildman–Crippen LogP) is 3.01. The van der Waals surface area contributed by atoms with Crippen molar-refractivity contribution in [2.24, 2.45) is 5.92 Å². The Morgan fingerprint density at radius 3 is 2.95 bits per heavy atom. The van der Waals surface area contributed by atoms with E-state index >= 15 is 0 Å². The molecule has 0 aliphatic carbocycles. The second kappa shape index (κ2) is 5.88. The molecule has 1 aromatic carbocycles. The van der Waals surface area contributed by atoms with Crippen LogP contribution in [0.5, 0.6) is 0 Å². The number of urea groups is 1. The van der Waals surface area contributed by atoms with E-state index in [-0.39, 0.29) is 6.03 Å². The fourth-order valence-corrected chi connectivity index (χ4v) is 3.10. The number of anilines is 1. The van der Waals surface area contributed by atoms with Gasteiger partial charge in [-0.2, -0.15) is 0 Å². The van der Waals surface area contributed by atoms with Crippen LogP contribution in [0.4, 0.5) is 9.80 Å². The van der Waals surface area contributed by atoms with Gasteiger partial charge in [0, 0.05) is 29.1 Å². The number of hydrogen-bond donors (Lipinski definition) is 1. The van der Waals surface area contributed by atoms with E-state index in [4.69, 9.17) is 0 Å². The summed E-state index contributed by atoms with van der Waals surface area (Å²) in [7, 11) is 0. The minimum Gasteiger partial charge on any atom is -0.324 e. The highest BCUT2D eigenvalue weighted by molar-refractivity contribution is 9.10. The van der Waals surface area contributed by atoms with Gasteiger partial charge in [-0.3, -0.25) is 5.32 Å². The number of nitrogens with zero attached hydrogens (tertiary/aromatic N) is 3. The number of benzene rings is 1. The molecule has 5 nitrogen and oxygen atoms in total. The maximum atomic E-state index is 11.9. The zero-order valence-corrected chi connectivity index (χ0v) is 13.0. The third-order valence-electron chi connectivity index (χ3n) is 3.30. The average Bonchev–Trinajstić information content (AvgIpc) is 2.88. The first-order valence-corrected chi connectivity index (χ1v) is 7.85. The molecular formula is C13H13BrN4OS. The van der Waals surface area contributed by atoms with Crippen molar-refractivity contribution in [2.45, 2.75) is 6.42 Å². The summed E-state index contributed by atoms with van der Waals surface area (Å²) in [5, 5.41) is 7.16. The van der Waals surface area contributed by atoms with E-state index in [0.717, 1.165) is 24.0 Å². The number of aromatic nitrogens is 2. The number of likely N-dealkylation sites (tertiary alicyclic amines) is 1. The summed E-state index contributed by atoms with van der Waals surface area (Å²) in [6.07, 6.45) is 2.55. The van der Waals surface area contributed by atoms with E-state index in [1.807, 2.05) is 12.1 Å². The SMILES string of the molecule is O=C(Nc1cnns1)N1CC(Cc2ccccc2Br)C1. The van der Waals surface area contributed by atoms with Gasteiger partial charge in [0.1, 0.15) is 5.00 Å². The van der Waals surface area contributed by atoms with Gasteiger partial charge in [-0.15, -0.1) is 5.10 Å². The maximum absolute atomic E-state index is 11.9. The molecule has 3 rings (SSSR count). The van der Waals surface area contributed by atoms with Crippen LogP contribution in [0.1, 0.15) is 5.56 Å². The van der Waals surface area contributed by atoms with Crippen LogP contribution in [0.15, 0.2) is 34.9 Å². The van der Waals surface area contributed by atoms with Crippen molar-refractivity contribution >= 4 is 38.5 Å². The lowest BCUT2D eigenvalue weighted by Crippen LogP contribution is -2.52. The van der Waals surface area contributed by atoms with Gasteiger partial charge in [0.25, 0.3) is 0 Å². The number of rotatable bonds is 3. The Labute approximate surface area is 129 Å². The minimum atomic E-state index is -0.0700. The van der Waals surface area contributed by atoms with Gasteiger partial charge in [-0.25, -0.2) is 4.79 Å². The monoisotopic (exact) mass is 352 g/mol. The molecule has 7 heteroatoms. The summed E-state index contributed by atoms with van der Waals surface area (Å²) in [6, 6.07) is 8.15. The number of hydrogen-bond acceptors (Lipinski definition) is 4. The number of amides is 2. The summed E-state index contributed by atoms with van der Waals surface area (Å²) in [5.41, 5.74) is 1.30. The fraction of sp³-hybridized carbons (Fsp3) is 0.308. The fourth-order valence-electron chi connectivity index (χ4n) is 2.25. The van der Waals surface area contributed by atoms with Crippen molar-refractivity contribution in [1.82, 2.24) is 14.5 Å². The number of halogens is 1. The Balaban J connectivity index is 1.49. The summed E-state index contributed by atoms with van der Waals surface area (Å²) in [6.45, 7) is 1.58. The molecule has 0 radical (unpaired) electrons. The van der Waals surface area contributed by atoms with Crippen molar-refractivity contribution in [3.63, 3.8) is 0 Å². The number of nitrogens with one attached hydrogen (secondary N) is 1. The van der Waals surface area contributed by atoms with Crippen LogP contribution in [-0.2, 0) is 6.42 Å². The summed E-state index contributed by atoms with van der Waals surface area (Å²) in [4.78, 5) is 13.7. The molecule has 104 valence electrons. The normalized spacial score (nSPS) is 14.9. The standard InChI is InChI=1S/C13H13BrN4OS/c14-11-4-2-1-3-10(11)5-9-7-18(8-9)13(19)16-12-6-15-17-20-12/h1-4,6,9H,5,7-8H2,(H,16,19). The van der Waals surface area contributed by atoms with E-state index in [2.05, 4.69) is 43.0 Å². The molecule has 2 amide bonds. The Morgan fingerprint density at radius 2 is 2.25 bits per heavy atom. The first kappa shape index (κ1) is 13.5. The number of carbonyl (C=O) groups is 1. The van der Waals surface area contributed by atoms with Gasteiger partial charge in [0.05, 0.1) is 6.20 Å². The minimum absolute atomic E-state index is 0.0700. The molecule has 1 fully saturated rings. The van der Waals surface area contributed by atoms with Crippen LogP contribution in [0.2, 0.25) is 0 Å². The summed E-state index contributed by atoms with van der Waals surface area (Å²) in [5.74, 6) is 0.527. The Bertz CT molecular complexity index is 598. The third kappa shape index (κ3) is 2.99. The molecule has 2 aromatic rings. The largest absolute Gasteiger partial charge is 0.324 e. The van der Waals surface area contributed by atoms with Crippen molar-refractivity contribution in [2.75, 3.05) is 18.4 Å². The molecule has 0 saturated carbocycles. The second-order valence-electron chi connectivity index (χ2n) is 4.78. The van der Waals surface area contributed by atoms with Crippen molar-refractivity contribution in [3.8, 4) is 0 Å². The lowest BCUT2D eigenvalue weighted by molar-refractivity contribution is 0.131. The van der Waals surface area contributed by atoms with Crippen LogP contribution in [0.25, 0.3) is 0 Å². The topological polar surface area (TPSA) is 58.1 Å². The highest BCUT2D eigenvalue weighted by Gasteiger charge is 2.31. The molecule has 1 aliphatic rings. The van der Waals surface area contributed by atoms with E-state index in [9.17, 15) is 4.79 Å². The quantitative estimate of drug-likeness (QED) is 0.923. The van der Waals surface area contributed by atoms with Gasteiger partial charge in [0.15, 0.2) is 0 Å². The molecule has 1 aromatic heterocycles. The first-order valence-electron chi connectivity index (χ1n) is 6.29. The summed E-state index contributed by atoms with van der Waals surface area (Å²) >= 11 is 4.74. The molecule has 0 spiro atoms. The van der Waals surface area contributed by atoms with Crippen LogP contribution in [0.3, 0.4) is 0 Å². The maximum Gasteiger partial charge on any atom is 0.322 e. The van der Waals surface area contributed by atoms with Crippen molar-refractivity contribution in [1.29, 1.82) is 0 Å². The Morgan fingerprint density at radius 1 is 1.45 bits per heavy atom. The highest BCUT2D eigenvalue weighted by atomic mass is 79.9.